The monoisotopic (exact) mass is 143 g/mol. The van der Waals surface area contributed by atoms with Gasteiger partial charge in [-0.25, -0.2) is 4.79 Å². The van der Waals surface area contributed by atoms with Crippen molar-refractivity contribution in [3.05, 3.63) is 12.3 Å². The second-order valence-corrected chi connectivity index (χ2v) is 2.08. The minimum Gasteiger partial charge on any atom is -0.458 e. The van der Waals surface area contributed by atoms with Crippen LogP contribution >= 0.6 is 0 Å². The molecule has 0 aromatic rings. The molecule has 0 radical (unpaired) electrons. The number of ether oxygens (including phenoxy) is 2. The number of epoxide rings is 1. The summed E-state index contributed by atoms with van der Waals surface area (Å²) in [5, 5.41) is 0. The highest BCUT2D eigenvalue weighted by Gasteiger charge is 2.24. The number of esters is 1. The van der Waals surface area contributed by atoms with Crippen molar-refractivity contribution < 1.29 is 14.3 Å². The highest BCUT2D eigenvalue weighted by atomic mass is 16.6. The molecule has 0 bridgehead atoms. The third-order valence-corrected chi connectivity index (χ3v) is 1.06. The van der Waals surface area contributed by atoms with Crippen molar-refractivity contribution in [2.75, 3.05) is 13.2 Å². The van der Waals surface area contributed by atoms with Gasteiger partial charge in [0, 0.05) is 0 Å². The fraction of sp³-hybridized carbons (Fsp3) is 0.500. The van der Waals surface area contributed by atoms with Crippen LogP contribution in [-0.2, 0) is 14.3 Å². The molecule has 2 N–H and O–H groups in total. The molecule has 1 atom stereocenters. The zero-order chi connectivity index (χ0) is 7.56. The summed E-state index contributed by atoms with van der Waals surface area (Å²) < 4.78 is 9.43. The first-order valence-electron chi connectivity index (χ1n) is 2.93. The summed E-state index contributed by atoms with van der Waals surface area (Å²) in [5.74, 6) is -0.560. The molecular formula is C6H9NO3. The van der Waals surface area contributed by atoms with Crippen molar-refractivity contribution in [1.82, 2.24) is 0 Å². The quantitative estimate of drug-likeness (QED) is 0.325. The van der Waals surface area contributed by atoms with Gasteiger partial charge in [0.2, 0.25) is 0 Å². The standard InChI is InChI=1S/C6H9NO3/c1-4(7)6(8)10-3-5-2-9-5/h5H,1-3,7H2. The van der Waals surface area contributed by atoms with Gasteiger partial charge >= 0.3 is 5.97 Å². The summed E-state index contributed by atoms with van der Waals surface area (Å²) in [6.07, 6.45) is 0.0864. The van der Waals surface area contributed by atoms with E-state index in [0.717, 1.165) is 0 Å². The Hall–Kier alpha value is -1.03. The molecule has 4 heteroatoms. The average Bonchev–Trinajstić information content (AvgIpc) is 2.64. The van der Waals surface area contributed by atoms with Crippen LogP contribution in [0.25, 0.3) is 0 Å². The van der Waals surface area contributed by atoms with Crippen molar-refractivity contribution in [2.45, 2.75) is 6.10 Å². The first-order valence-corrected chi connectivity index (χ1v) is 2.93. The maximum Gasteiger partial charge on any atom is 0.353 e. The molecule has 1 aliphatic heterocycles. The highest BCUT2D eigenvalue weighted by molar-refractivity contribution is 5.86. The highest BCUT2D eigenvalue weighted by Crippen LogP contribution is 2.08. The van der Waals surface area contributed by atoms with Gasteiger partial charge in [0.05, 0.1) is 6.61 Å². The molecule has 0 spiro atoms. The Kier molecular flexibility index (Phi) is 1.91. The Balaban J connectivity index is 2.11. The minimum absolute atomic E-state index is 0.0688. The normalized spacial score (nSPS) is 21.8. The number of carbonyl (C=O) groups is 1. The van der Waals surface area contributed by atoms with Crippen LogP contribution in [0.4, 0.5) is 0 Å². The molecule has 4 nitrogen and oxygen atoms in total. The molecule has 0 amide bonds. The zero-order valence-corrected chi connectivity index (χ0v) is 5.50. The van der Waals surface area contributed by atoms with E-state index in [1.807, 2.05) is 0 Å². The van der Waals surface area contributed by atoms with E-state index in [-0.39, 0.29) is 18.4 Å². The lowest BCUT2D eigenvalue weighted by Gasteiger charge is -1.99. The fourth-order valence-corrected chi connectivity index (χ4v) is 0.426. The number of hydrogen-bond donors (Lipinski definition) is 1. The number of nitrogens with two attached hydrogens (primary N) is 1. The van der Waals surface area contributed by atoms with E-state index in [2.05, 4.69) is 11.3 Å². The third kappa shape index (κ3) is 2.06. The minimum atomic E-state index is -0.560. The summed E-state index contributed by atoms with van der Waals surface area (Å²) in [4.78, 5) is 10.6. The van der Waals surface area contributed by atoms with E-state index in [1.165, 1.54) is 0 Å². The topological polar surface area (TPSA) is 64.9 Å². The van der Waals surface area contributed by atoms with Crippen LogP contribution in [0.1, 0.15) is 0 Å². The lowest BCUT2D eigenvalue weighted by molar-refractivity contribution is -0.139. The maximum absolute atomic E-state index is 10.6. The van der Waals surface area contributed by atoms with Crippen LogP contribution in [0.2, 0.25) is 0 Å². The summed E-state index contributed by atoms with van der Waals surface area (Å²) >= 11 is 0. The van der Waals surface area contributed by atoms with Gasteiger partial charge in [-0.05, 0) is 0 Å². The van der Waals surface area contributed by atoms with Gasteiger partial charge in [-0.3, -0.25) is 0 Å². The SMILES string of the molecule is C=C(N)C(=O)OCC1CO1. The molecule has 1 heterocycles. The Morgan fingerprint density at radius 3 is 2.90 bits per heavy atom. The molecule has 10 heavy (non-hydrogen) atoms. The molecule has 56 valence electrons. The van der Waals surface area contributed by atoms with E-state index in [1.54, 1.807) is 0 Å². The fourth-order valence-electron chi connectivity index (χ4n) is 0.426. The van der Waals surface area contributed by atoms with Crippen molar-refractivity contribution in [3.8, 4) is 0 Å². The van der Waals surface area contributed by atoms with Crippen LogP contribution in [0.15, 0.2) is 12.3 Å². The largest absolute Gasteiger partial charge is 0.458 e. The van der Waals surface area contributed by atoms with Crippen LogP contribution in [-0.4, -0.2) is 25.3 Å². The van der Waals surface area contributed by atoms with Crippen LogP contribution < -0.4 is 5.73 Å². The molecular weight excluding hydrogens is 134 g/mol. The van der Waals surface area contributed by atoms with Crippen LogP contribution in [0, 0.1) is 0 Å². The second-order valence-electron chi connectivity index (χ2n) is 2.08. The maximum atomic E-state index is 10.6. The molecule has 1 rings (SSSR count). The van der Waals surface area contributed by atoms with Crippen molar-refractivity contribution in [2.24, 2.45) is 5.73 Å². The van der Waals surface area contributed by atoms with Gasteiger partial charge in [-0.15, -0.1) is 0 Å². The zero-order valence-electron chi connectivity index (χ0n) is 5.50. The molecule has 0 aliphatic carbocycles. The van der Waals surface area contributed by atoms with Crippen molar-refractivity contribution in [3.63, 3.8) is 0 Å². The molecule has 1 aliphatic rings. The first-order chi connectivity index (χ1) is 4.70. The predicted molar refractivity (Wildman–Crippen MR) is 34.0 cm³/mol. The second kappa shape index (κ2) is 2.70. The summed E-state index contributed by atoms with van der Waals surface area (Å²) in [7, 11) is 0. The van der Waals surface area contributed by atoms with Gasteiger partial charge in [-0.2, -0.15) is 0 Å². The van der Waals surface area contributed by atoms with Gasteiger partial charge in [0.1, 0.15) is 18.4 Å². The van der Waals surface area contributed by atoms with E-state index >= 15 is 0 Å². The van der Waals surface area contributed by atoms with Gasteiger partial charge in [0.25, 0.3) is 0 Å². The van der Waals surface area contributed by atoms with Crippen LogP contribution in [0.3, 0.4) is 0 Å². The number of hydrogen-bond acceptors (Lipinski definition) is 4. The Morgan fingerprint density at radius 2 is 2.50 bits per heavy atom. The Bertz CT molecular complexity index is 162. The lowest BCUT2D eigenvalue weighted by atomic mass is 10.5. The average molecular weight is 143 g/mol. The van der Waals surface area contributed by atoms with Gasteiger partial charge < -0.3 is 15.2 Å². The predicted octanol–water partition coefficient (Wildman–Crippen LogP) is -0.599. The smallest absolute Gasteiger partial charge is 0.353 e. The molecule has 0 aromatic heterocycles. The van der Waals surface area contributed by atoms with Crippen molar-refractivity contribution >= 4 is 5.97 Å². The lowest BCUT2D eigenvalue weighted by Crippen LogP contribution is -2.16. The molecule has 1 fully saturated rings. The number of rotatable bonds is 3. The summed E-state index contributed by atoms with van der Waals surface area (Å²) in [6.45, 7) is 4.17. The Morgan fingerprint density at radius 1 is 1.90 bits per heavy atom. The number of carbonyl (C=O) groups excluding carboxylic acids is 1. The third-order valence-electron chi connectivity index (χ3n) is 1.06. The Labute approximate surface area is 58.6 Å². The van der Waals surface area contributed by atoms with Crippen molar-refractivity contribution in [1.29, 1.82) is 0 Å². The first kappa shape index (κ1) is 7.08. The summed E-state index contributed by atoms with van der Waals surface area (Å²) in [6, 6.07) is 0. The molecule has 1 saturated heterocycles. The van der Waals surface area contributed by atoms with E-state index in [4.69, 9.17) is 10.5 Å². The van der Waals surface area contributed by atoms with Gasteiger partial charge in [-0.1, -0.05) is 6.58 Å². The van der Waals surface area contributed by atoms with E-state index in [0.29, 0.717) is 6.61 Å². The molecule has 1 unspecified atom stereocenters. The van der Waals surface area contributed by atoms with Gasteiger partial charge in [0.15, 0.2) is 0 Å². The van der Waals surface area contributed by atoms with E-state index < -0.39 is 5.97 Å². The molecule has 0 aromatic carbocycles. The van der Waals surface area contributed by atoms with E-state index in [9.17, 15) is 4.79 Å². The van der Waals surface area contributed by atoms with Crippen LogP contribution in [0.5, 0.6) is 0 Å². The summed E-state index contributed by atoms with van der Waals surface area (Å²) in [5.41, 5.74) is 4.96. The molecule has 0 saturated carbocycles.